The number of benzene rings is 1. The Hall–Kier alpha value is -0.890. The predicted octanol–water partition coefficient (Wildman–Crippen LogP) is 2.61. The summed E-state index contributed by atoms with van der Waals surface area (Å²) in [5, 5.41) is 3.54. The molecule has 0 amide bonds. The normalized spacial score (nSPS) is 29.4. The lowest BCUT2D eigenvalue weighted by Gasteiger charge is -2.19. The molecule has 0 saturated carbocycles. The van der Waals surface area contributed by atoms with Crippen LogP contribution in [0.3, 0.4) is 0 Å². The number of nitrogens with one attached hydrogen (secondary N) is 1. The molecule has 2 heteroatoms. The molecule has 1 heterocycles. The number of hydrogen-bond acceptors (Lipinski definition) is 1. The van der Waals surface area contributed by atoms with Crippen LogP contribution in [0.1, 0.15) is 36.3 Å². The van der Waals surface area contributed by atoms with Crippen molar-refractivity contribution in [3.8, 4) is 0 Å². The first-order chi connectivity index (χ1) is 7.36. The van der Waals surface area contributed by atoms with Gasteiger partial charge in [-0.3, -0.25) is 0 Å². The van der Waals surface area contributed by atoms with Gasteiger partial charge in [0.25, 0.3) is 0 Å². The van der Waals surface area contributed by atoms with Crippen LogP contribution in [0.2, 0.25) is 0 Å². The van der Waals surface area contributed by atoms with E-state index in [-0.39, 0.29) is 5.82 Å². The van der Waals surface area contributed by atoms with Gasteiger partial charge in [-0.2, -0.15) is 0 Å². The van der Waals surface area contributed by atoms with Gasteiger partial charge in [0.1, 0.15) is 5.82 Å². The summed E-state index contributed by atoms with van der Waals surface area (Å²) in [5.74, 6) is 0.547. The lowest BCUT2D eigenvalue weighted by molar-refractivity contribution is 0.486. The maximum Gasteiger partial charge on any atom is 0.126 e. The van der Waals surface area contributed by atoms with Crippen molar-refractivity contribution in [2.24, 2.45) is 0 Å². The summed E-state index contributed by atoms with van der Waals surface area (Å²) in [6.45, 7) is 1.13. The summed E-state index contributed by atoms with van der Waals surface area (Å²) in [7, 11) is 0. The molecule has 1 fully saturated rings. The lowest BCUT2D eigenvalue weighted by Crippen LogP contribution is -2.27. The fourth-order valence-electron chi connectivity index (χ4n) is 3.11. The Kier molecular flexibility index (Phi) is 2.24. The molecule has 1 nitrogen and oxygen atoms in total. The van der Waals surface area contributed by atoms with E-state index in [0.29, 0.717) is 12.0 Å². The average Bonchev–Trinajstić information content (AvgIpc) is 2.85. The first-order valence-corrected chi connectivity index (χ1v) is 5.87. The molecule has 0 unspecified atom stereocenters. The number of rotatable bonds is 1. The monoisotopic (exact) mass is 205 g/mol. The van der Waals surface area contributed by atoms with Crippen LogP contribution in [0.25, 0.3) is 0 Å². The quantitative estimate of drug-likeness (QED) is 0.743. The number of halogens is 1. The van der Waals surface area contributed by atoms with Gasteiger partial charge in [-0.05, 0) is 55.3 Å². The van der Waals surface area contributed by atoms with Crippen LogP contribution in [0.5, 0.6) is 0 Å². The van der Waals surface area contributed by atoms with Crippen LogP contribution >= 0.6 is 0 Å². The third-order valence-corrected chi connectivity index (χ3v) is 3.84. The first kappa shape index (κ1) is 9.34. The summed E-state index contributed by atoms with van der Waals surface area (Å²) in [6, 6.07) is 6.13. The molecule has 0 radical (unpaired) electrons. The Bertz CT molecular complexity index is 369. The highest BCUT2D eigenvalue weighted by molar-refractivity contribution is 5.37. The van der Waals surface area contributed by atoms with Gasteiger partial charge in [-0.15, -0.1) is 0 Å². The van der Waals surface area contributed by atoms with E-state index in [4.69, 9.17) is 0 Å². The van der Waals surface area contributed by atoms with Crippen LogP contribution < -0.4 is 5.32 Å². The molecular weight excluding hydrogens is 189 g/mol. The van der Waals surface area contributed by atoms with E-state index < -0.39 is 0 Å². The van der Waals surface area contributed by atoms with E-state index in [0.717, 1.165) is 24.9 Å². The zero-order valence-corrected chi connectivity index (χ0v) is 8.80. The lowest BCUT2D eigenvalue weighted by atomic mass is 9.92. The van der Waals surface area contributed by atoms with Gasteiger partial charge in [-0.25, -0.2) is 4.39 Å². The van der Waals surface area contributed by atoms with Gasteiger partial charge >= 0.3 is 0 Å². The highest BCUT2D eigenvalue weighted by Gasteiger charge is 2.32. The molecule has 15 heavy (non-hydrogen) atoms. The van der Waals surface area contributed by atoms with Crippen LogP contribution in [-0.4, -0.2) is 12.6 Å². The second-order valence-corrected chi connectivity index (χ2v) is 4.66. The van der Waals surface area contributed by atoms with Crippen molar-refractivity contribution >= 4 is 0 Å². The Labute approximate surface area is 89.7 Å². The molecule has 2 atom stereocenters. The minimum atomic E-state index is -0.00648. The molecule has 1 aromatic carbocycles. The zero-order chi connectivity index (χ0) is 10.3. The fraction of sp³-hybridized carbons (Fsp3) is 0.538. The Morgan fingerprint density at radius 1 is 1.27 bits per heavy atom. The van der Waals surface area contributed by atoms with E-state index in [2.05, 4.69) is 11.4 Å². The summed E-state index contributed by atoms with van der Waals surface area (Å²) < 4.78 is 13.5. The maximum atomic E-state index is 13.5. The summed E-state index contributed by atoms with van der Waals surface area (Å²) >= 11 is 0. The van der Waals surface area contributed by atoms with E-state index in [1.807, 2.05) is 6.07 Å². The van der Waals surface area contributed by atoms with Gasteiger partial charge in [0.05, 0.1) is 0 Å². The van der Waals surface area contributed by atoms with Gasteiger partial charge in [-0.1, -0.05) is 12.1 Å². The Morgan fingerprint density at radius 3 is 3.00 bits per heavy atom. The van der Waals surface area contributed by atoms with E-state index in [1.54, 1.807) is 6.07 Å². The molecule has 1 N–H and O–H groups in total. The highest BCUT2D eigenvalue weighted by atomic mass is 19.1. The minimum Gasteiger partial charge on any atom is -0.313 e. The van der Waals surface area contributed by atoms with Crippen molar-refractivity contribution in [2.75, 3.05) is 6.54 Å². The molecule has 0 spiro atoms. The second-order valence-electron chi connectivity index (χ2n) is 4.66. The fourth-order valence-corrected chi connectivity index (χ4v) is 3.11. The van der Waals surface area contributed by atoms with E-state index in [9.17, 15) is 4.39 Å². The molecule has 2 aliphatic rings. The van der Waals surface area contributed by atoms with E-state index >= 15 is 0 Å². The van der Waals surface area contributed by atoms with Crippen molar-refractivity contribution in [2.45, 2.75) is 37.6 Å². The second kappa shape index (κ2) is 3.60. The van der Waals surface area contributed by atoms with Crippen LogP contribution in [-0.2, 0) is 6.42 Å². The summed E-state index contributed by atoms with van der Waals surface area (Å²) in [5.41, 5.74) is 2.23. The van der Waals surface area contributed by atoms with Crippen molar-refractivity contribution in [3.05, 3.63) is 35.1 Å². The zero-order valence-electron chi connectivity index (χ0n) is 8.80. The maximum absolute atomic E-state index is 13.5. The third kappa shape index (κ3) is 1.48. The van der Waals surface area contributed by atoms with Crippen molar-refractivity contribution in [1.82, 2.24) is 5.32 Å². The van der Waals surface area contributed by atoms with Crippen LogP contribution in [0.15, 0.2) is 18.2 Å². The molecule has 1 aliphatic heterocycles. The van der Waals surface area contributed by atoms with Crippen molar-refractivity contribution in [1.29, 1.82) is 0 Å². The molecular formula is C13H16FN. The molecule has 1 aliphatic carbocycles. The van der Waals surface area contributed by atoms with Gasteiger partial charge in [0.2, 0.25) is 0 Å². The predicted molar refractivity (Wildman–Crippen MR) is 58.5 cm³/mol. The molecule has 1 saturated heterocycles. The summed E-state index contributed by atoms with van der Waals surface area (Å²) in [4.78, 5) is 0. The van der Waals surface area contributed by atoms with Gasteiger partial charge in [0.15, 0.2) is 0 Å². The topological polar surface area (TPSA) is 12.0 Å². The third-order valence-electron chi connectivity index (χ3n) is 3.84. The Balaban J connectivity index is 1.94. The standard InChI is InChI=1S/C13H16FN/c14-12-4-1-3-9-10(12)6-7-11(9)13-5-2-8-15-13/h1,3-4,11,13,15H,2,5-8H2/t11-,13-/m1/s1. The van der Waals surface area contributed by atoms with Gasteiger partial charge in [0, 0.05) is 6.04 Å². The largest absolute Gasteiger partial charge is 0.313 e. The highest BCUT2D eigenvalue weighted by Crippen LogP contribution is 2.38. The number of fused-ring (bicyclic) bond motifs is 1. The van der Waals surface area contributed by atoms with Gasteiger partial charge < -0.3 is 5.32 Å². The van der Waals surface area contributed by atoms with Crippen LogP contribution in [0, 0.1) is 5.82 Å². The molecule has 80 valence electrons. The molecule has 0 bridgehead atoms. The van der Waals surface area contributed by atoms with Crippen molar-refractivity contribution < 1.29 is 4.39 Å². The first-order valence-electron chi connectivity index (χ1n) is 5.87. The smallest absolute Gasteiger partial charge is 0.126 e. The van der Waals surface area contributed by atoms with Crippen molar-refractivity contribution in [3.63, 3.8) is 0 Å². The number of hydrogen-bond donors (Lipinski definition) is 1. The minimum absolute atomic E-state index is 0.00648. The molecule has 3 rings (SSSR count). The Morgan fingerprint density at radius 2 is 2.20 bits per heavy atom. The SMILES string of the molecule is Fc1cccc2c1CC[C@H]2[C@H]1CCCN1. The molecule has 1 aromatic rings. The van der Waals surface area contributed by atoms with Crippen LogP contribution in [0.4, 0.5) is 4.39 Å². The average molecular weight is 205 g/mol. The summed E-state index contributed by atoms with van der Waals surface area (Å²) in [6.07, 6.45) is 4.56. The molecule has 0 aromatic heterocycles. The van der Waals surface area contributed by atoms with E-state index in [1.165, 1.54) is 18.4 Å².